The van der Waals surface area contributed by atoms with Gasteiger partial charge < -0.3 is 20.1 Å². The largest absolute Gasteiger partial charge is 0.360 e. The van der Waals surface area contributed by atoms with Crippen LogP contribution in [-0.2, 0) is 0 Å². The number of carbonyl (C=O) groups excluding carboxylic acids is 1. The summed E-state index contributed by atoms with van der Waals surface area (Å²) >= 11 is 12.9. The van der Waals surface area contributed by atoms with Crippen molar-refractivity contribution in [2.75, 3.05) is 31.5 Å². The normalized spacial score (nSPS) is 16.5. The summed E-state index contributed by atoms with van der Waals surface area (Å²) in [6.45, 7) is 10.5. The van der Waals surface area contributed by atoms with Gasteiger partial charge in [0.05, 0.1) is 33.2 Å². The molecule has 0 saturated carbocycles. The average molecular weight is 597 g/mol. The molecular formula is C31H39Cl2N7O. The number of benzene rings is 2. The number of unbranched alkanes of at least 4 members (excludes halogenated alkanes) is 1. The van der Waals surface area contributed by atoms with E-state index >= 15 is 0 Å². The summed E-state index contributed by atoms with van der Waals surface area (Å²) in [6.07, 6.45) is 8.05. The summed E-state index contributed by atoms with van der Waals surface area (Å²) in [5.74, 6) is 1.39. The first-order chi connectivity index (χ1) is 19.9. The number of aromatic amines is 1. The first-order valence-electron chi connectivity index (χ1n) is 14.8. The van der Waals surface area contributed by atoms with Crippen molar-refractivity contribution < 1.29 is 4.79 Å². The number of hydrogen-bond acceptors (Lipinski definition) is 6. The number of H-pyrrole nitrogens is 1. The van der Waals surface area contributed by atoms with Gasteiger partial charge in [-0.15, -0.1) is 0 Å². The number of aromatic nitrogens is 4. The van der Waals surface area contributed by atoms with E-state index in [1.54, 1.807) is 6.07 Å². The molecule has 2 unspecified atom stereocenters. The van der Waals surface area contributed by atoms with Gasteiger partial charge in [0.15, 0.2) is 0 Å². The second-order valence-electron chi connectivity index (χ2n) is 10.9. The van der Waals surface area contributed by atoms with Crippen LogP contribution in [-0.4, -0.2) is 67.9 Å². The maximum absolute atomic E-state index is 13.8. The minimum Gasteiger partial charge on any atom is -0.360 e. The molecule has 0 bridgehead atoms. The van der Waals surface area contributed by atoms with Gasteiger partial charge >= 0.3 is 0 Å². The van der Waals surface area contributed by atoms with Crippen LogP contribution in [0, 0.1) is 0 Å². The van der Waals surface area contributed by atoms with Crippen LogP contribution in [0.2, 0.25) is 10.0 Å². The highest BCUT2D eigenvalue weighted by atomic mass is 35.5. The Morgan fingerprint density at radius 1 is 1.12 bits per heavy atom. The Bertz CT molecular complexity index is 1500. The number of rotatable bonds is 11. The lowest BCUT2D eigenvalue weighted by Gasteiger charge is -2.36. The average Bonchev–Trinajstić information content (AvgIpc) is 3.41. The Balaban J connectivity index is 1.32. The molecule has 0 radical (unpaired) electrons. The number of imidazole rings is 1. The van der Waals surface area contributed by atoms with Crippen molar-refractivity contribution in [2.45, 2.75) is 71.4 Å². The summed E-state index contributed by atoms with van der Waals surface area (Å²) in [7, 11) is 0. The first-order valence-corrected chi connectivity index (χ1v) is 15.5. The Morgan fingerprint density at radius 2 is 1.95 bits per heavy atom. The lowest BCUT2D eigenvalue weighted by atomic mass is 9.96. The molecule has 0 spiro atoms. The second kappa shape index (κ2) is 13.4. The van der Waals surface area contributed by atoms with E-state index in [1.807, 2.05) is 36.1 Å². The number of amides is 1. The van der Waals surface area contributed by atoms with Crippen molar-refractivity contribution in [3.8, 4) is 0 Å². The van der Waals surface area contributed by atoms with Gasteiger partial charge in [-0.2, -0.15) is 0 Å². The highest BCUT2D eigenvalue weighted by Crippen LogP contribution is 2.32. The van der Waals surface area contributed by atoms with Crippen LogP contribution in [0.3, 0.4) is 0 Å². The summed E-state index contributed by atoms with van der Waals surface area (Å²) in [4.78, 5) is 35.3. The van der Waals surface area contributed by atoms with E-state index in [2.05, 4.69) is 44.0 Å². The number of likely N-dealkylation sites (tertiary alicyclic amines) is 1. The van der Waals surface area contributed by atoms with Crippen LogP contribution in [0.25, 0.3) is 21.9 Å². The zero-order valence-electron chi connectivity index (χ0n) is 24.1. The lowest BCUT2D eigenvalue weighted by molar-refractivity contribution is 0.0597. The second-order valence-corrected chi connectivity index (χ2v) is 11.7. The highest BCUT2D eigenvalue weighted by molar-refractivity contribution is 6.35. The number of piperidine rings is 1. The summed E-state index contributed by atoms with van der Waals surface area (Å²) in [5.41, 5.74) is 2.89. The van der Waals surface area contributed by atoms with Crippen LogP contribution in [0.1, 0.15) is 81.5 Å². The van der Waals surface area contributed by atoms with E-state index in [1.165, 1.54) is 6.33 Å². The number of hydrogen-bond donors (Lipinski definition) is 2. The summed E-state index contributed by atoms with van der Waals surface area (Å²) in [6, 6.07) is 9.27. The molecular weight excluding hydrogens is 557 g/mol. The topological polar surface area (TPSA) is 90.0 Å². The number of carbonyl (C=O) groups is 1. The fourth-order valence-corrected chi connectivity index (χ4v) is 6.23. The van der Waals surface area contributed by atoms with Gasteiger partial charge in [0.2, 0.25) is 0 Å². The Morgan fingerprint density at radius 3 is 2.76 bits per heavy atom. The van der Waals surface area contributed by atoms with E-state index in [0.29, 0.717) is 26.9 Å². The maximum atomic E-state index is 13.8. The van der Waals surface area contributed by atoms with Gasteiger partial charge in [-0.1, -0.05) is 43.5 Å². The predicted molar refractivity (Wildman–Crippen MR) is 168 cm³/mol. The molecule has 3 heterocycles. The van der Waals surface area contributed by atoms with Crippen molar-refractivity contribution in [3.05, 3.63) is 58.1 Å². The van der Waals surface area contributed by atoms with Gasteiger partial charge in [0.1, 0.15) is 18.0 Å². The molecule has 5 rings (SSSR count). The monoisotopic (exact) mass is 595 g/mol. The molecule has 1 fully saturated rings. The fourth-order valence-electron chi connectivity index (χ4n) is 5.81. The number of anilines is 1. The SMILES string of the molecule is CCN(CC)CCCCC1CCCCN1C(=O)c1cc2ncnc(NC(C)c3nc4ccc(Cl)cc4[nH]3)c2cc1Cl. The quantitative estimate of drug-likeness (QED) is 0.174. The van der Waals surface area contributed by atoms with Crippen molar-refractivity contribution in [3.63, 3.8) is 0 Å². The number of nitrogens with zero attached hydrogens (tertiary/aromatic N) is 5. The molecule has 2 aromatic carbocycles. The van der Waals surface area contributed by atoms with Crippen molar-refractivity contribution in [1.29, 1.82) is 0 Å². The van der Waals surface area contributed by atoms with Crippen LogP contribution < -0.4 is 5.32 Å². The third-order valence-electron chi connectivity index (χ3n) is 8.22. The molecule has 1 aliphatic rings. The van der Waals surface area contributed by atoms with Crippen LogP contribution in [0.4, 0.5) is 5.82 Å². The predicted octanol–water partition coefficient (Wildman–Crippen LogP) is 7.49. The molecule has 4 aromatic rings. The molecule has 8 nitrogen and oxygen atoms in total. The zero-order chi connectivity index (χ0) is 28.9. The number of nitrogens with one attached hydrogen (secondary N) is 2. The third-order valence-corrected chi connectivity index (χ3v) is 8.77. The van der Waals surface area contributed by atoms with E-state index < -0.39 is 0 Å². The lowest BCUT2D eigenvalue weighted by Crippen LogP contribution is -2.43. The minimum atomic E-state index is -0.171. The van der Waals surface area contributed by atoms with Gasteiger partial charge in [-0.25, -0.2) is 15.0 Å². The maximum Gasteiger partial charge on any atom is 0.255 e. The van der Waals surface area contributed by atoms with Crippen LogP contribution in [0.5, 0.6) is 0 Å². The standard InChI is InChI=1S/C31H39Cl2N7O/c1-4-39(5-2)14-8-6-10-22-11-7-9-15-40(22)31(41)23-18-27-24(17-25(23)33)30(35-19-34-27)36-20(3)29-37-26-13-12-21(32)16-28(26)38-29/h12-13,16-20,22H,4-11,14-15H2,1-3H3,(H,37,38)(H,34,35,36). The molecule has 2 atom stereocenters. The van der Waals surface area contributed by atoms with Crippen molar-refractivity contribution >= 4 is 56.9 Å². The molecule has 2 aromatic heterocycles. The third kappa shape index (κ3) is 6.76. The van der Waals surface area contributed by atoms with Gasteiger partial charge in [-0.05, 0) is 89.0 Å². The van der Waals surface area contributed by atoms with Gasteiger partial charge in [0, 0.05) is 23.0 Å². The van der Waals surface area contributed by atoms with Gasteiger partial charge in [-0.3, -0.25) is 4.79 Å². The van der Waals surface area contributed by atoms with Crippen molar-refractivity contribution in [1.82, 2.24) is 29.7 Å². The van der Waals surface area contributed by atoms with E-state index in [-0.39, 0.29) is 18.0 Å². The number of fused-ring (bicyclic) bond motifs is 2. The van der Waals surface area contributed by atoms with Crippen LogP contribution >= 0.6 is 23.2 Å². The van der Waals surface area contributed by atoms with E-state index in [4.69, 9.17) is 23.2 Å². The Kier molecular flexibility index (Phi) is 9.63. The van der Waals surface area contributed by atoms with Crippen molar-refractivity contribution in [2.24, 2.45) is 0 Å². The molecule has 1 aliphatic heterocycles. The molecule has 1 saturated heterocycles. The minimum absolute atomic E-state index is 0.00670. The first kappa shape index (κ1) is 29.5. The van der Waals surface area contributed by atoms with E-state index in [0.717, 1.165) is 86.9 Å². The fraction of sp³-hybridized carbons (Fsp3) is 0.484. The summed E-state index contributed by atoms with van der Waals surface area (Å²) < 4.78 is 0. The highest BCUT2D eigenvalue weighted by Gasteiger charge is 2.29. The molecule has 0 aliphatic carbocycles. The summed E-state index contributed by atoms with van der Waals surface area (Å²) in [5, 5.41) is 5.26. The van der Waals surface area contributed by atoms with Gasteiger partial charge in [0.25, 0.3) is 5.91 Å². The zero-order valence-corrected chi connectivity index (χ0v) is 25.6. The smallest absolute Gasteiger partial charge is 0.255 e. The Hall–Kier alpha value is -2.94. The molecule has 2 N–H and O–H groups in total. The Labute approximate surface area is 251 Å². The van der Waals surface area contributed by atoms with E-state index in [9.17, 15) is 4.79 Å². The molecule has 1 amide bonds. The molecule has 10 heteroatoms. The molecule has 41 heavy (non-hydrogen) atoms. The number of halogens is 2. The molecule has 218 valence electrons. The van der Waals surface area contributed by atoms with Crippen LogP contribution in [0.15, 0.2) is 36.7 Å².